The van der Waals surface area contributed by atoms with E-state index in [2.05, 4.69) is 15.9 Å². The Hall–Kier alpha value is -0.390. The third kappa shape index (κ3) is 5.30. The molecule has 0 radical (unpaired) electrons. The van der Waals surface area contributed by atoms with Crippen LogP contribution in [0.2, 0.25) is 0 Å². The minimum absolute atomic E-state index is 0.0308. The molecule has 1 aromatic rings. The molecule has 0 spiro atoms. The van der Waals surface area contributed by atoms with Gasteiger partial charge in [0.2, 0.25) is 10.0 Å². The maximum atomic E-state index is 10.9. The smallest absolute Gasteiger partial charge is 0.209 e. The van der Waals surface area contributed by atoms with Gasteiger partial charge >= 0.3 is 0 Å². The van der Waals surface area contributed by atoms with Crippen LogP contribution < -0.4 is 5.14 Å². The molecule has 0 aliphatic rings. The Balaban J connectivity index is 2.59. The summed E-state index contributed by atoms with van der Waals surface area (Å²) < 4.78 is 22.7. The van der Waals surface area contributed by atoms with Gasteiger partial charge in [-0.25, -0.2) is 13.6 Å². The van der Waals surface area contributed by atoms with E-state index in [1.807, 2.05) is 31.2 Å². The molecular formula is C10H14BrNO2S. The van der Waals surface area contributed by atoms with E-state index in [1.54, 1.807) is 0 Å². The number of primary sulfonamides is 1. The summed E-state index contributed by atoms with van der Waals surface area (Å²) in [5.41, 5.74) is 1.12. The van der Waals surface area contributed by atoms with Gasteiger partial charge in [0.25, 0.3) is 0 Å². The predicted molar refractivity (Wildman–Crippen MR) is 65.0 cm³/mol. The van der Waals surface area contributed by atoms with Gasteiger partial charge in [0, 0.05) is 4.47 Å². The first kappa shape index (κ1) is 12.7. The summed E-state index contributed by atoms with van der Waals surface area (Å²) in [6, 6.07) is 7.84. The summed E-state index contributed by atoms with van der Waals surface area (Å²) in [4.78, 5) is 0. The van der Waals surface area contributed by atoms with Crippen LogP contribution in [-0.4, -0.2) is 14.2 Å². The fourth-order valence-electron chi connectivity index (χ4n) is 1.48. The average Bonchev–Trinajstić information content (AvgIpc) is 2.05. The van der Waals surface area contributed by atoms with Gasteiger partial charge in [0.1, 0.15) is 0 Å². The van der Waals surface area contributed by atoms with Gasteiger partial charge < -0.3 is 0 Å². The Labute approximate surface area is 98.9 Å². The standard InChI is InChI=1S/C10H14BrNO2S/c1-8(7-15(12,13)14)6-9-2-4-10(11)5-3-9/h2-5,8H,6-7H2,1H3,(H2,12,13,14). The van der Waals surface area contributed by atoms with E-state index in [4.69, 9.17) is 5.14 Å². The van der Waals surface area contributed by atoms with Crippen LogP contribution in [0.25, 0.3) is 0 Å². The van der Waals surface area contributed by atoms with Gasteiger partial charge in [-0.05, 0) is 30.0 Å². The van der Waals surface area contributed by atoms with Crippen molar-refractivity contribution in [3.63, 3.8) is 0 Å². The minimum Gasteiger partial charge on any atom is -0.229 e. The Bertz CT molecular complexity index is 414. The molecule has 0 saturated heterocycles. The minimum atomic E-state index is -3.36. The predicted octanol–water partition coefficient (Wildman–Crippen LogP) is 1.92. The van der Waals surface area contributed by atoms with Crippen LogP contribution in [0.4, 0.5) is 0 Å². The van der Waals surface area contributed by atoms with E-state index in [1.165, 1.54) is 0 Å². The average molecular weight is 292 g/mol. The third-order valence-electron chi connectivity index (χ3n) is 2.01. The number of nitrogens with two attached hydrogens (primary N) is 1. The molecule has 0 bridgehead atoms. The topological polar surface area (TPSA) is 60.2 Å². The Kier molecular flexibility index (Phi) is 4.31. The summed E-state index contributed by atoms with van der Waals surface area (Å²) in [6.07, 6.45) is 0.726. The zero-order chi connectivity index (χ0) is 11.5. The van der Waals surface area contributed by atoms with Crippen LogP contribution in [0.15, 0.2) is 28.7 Å². The molecule has 0 amide bonds. The van der Waals surface area contributed by atoms with Gasteiger partial charge in [-0.2, -0.15) is 0 Å². The van der Waals surface area contributed by atoms with Crippen molar-refractivity contribution >= 4 is 26.0 Å². The molecule has 0 aromatic heterocycles. The molecule has 0 heterocycles. The summed E-state index contributed by atoms with van der Waals surface area (Å²) in [5.74, 6) is 0.0736. The van der Waals surface area contributed by atoms with Crippen LogP contribution in [0.3, 0.4) is 0 Å². The molecule has 0 aliphatic carbocycles. The van der Waals surface area contributed by atoms with E-state index in [0.717, 1.165) is 16.5 Å². The number of sulfonamides is 1. The third-order valence-corrected chi connectivity index (χ3v) is 3.58. The normalized spacial score (nSPS) is 13.8. The van der Waals surface area contributed by atoms with Gasteiger partial charge in [0.05, 0.1) is 5.75 Å². The van der Waals surface area contributed by atoms with Crippen LogP contribution in [0, 0.1) is 5.92 Å². The molecule has 2 N–H and O–H groups in total. The molecular weight excluding hydrogens is 278 g/mol. The van der Waals surface area contributed by atoms with Crippen molar-refractivity contribution < 1.29 is 8.42 Å². The number of hydrogen-bond donors (Lipinski definition) is 1. The monoisotopic (exact) mass is 291 g/mol. The number of rotatable bonds is 4. The first-order valence-electron chi connectivity index (χ1n) is 4.62. The summed E-state index contributed by atoms with van der Waals surface area (Å²) in [6.45, 7) is 1.88. The van der Waals surface area contributed by atoms with Crippen molar-refractivity contribution in [2.45, 2.75) is 13.3 Å². The van der Waals surface area contributed by atoms with E-state index in [-0.39, 0.29) is 11.7 Å². The van der Waals surface area contributed by atoms with E-state index < -0.39 is 10.0 Å². The molecule has 1 aromatic carbocycles. The lowest BCUT2D eigenvalue weighted by Gasteiger charge is -2.09. The summed E-state index contributed by atoms with van der Waals surface area (Å²) >= 11 is 3.34. The second kappa shape index (κ2) is 5.09. The zero-order valence-electron chi connectivity index (χ0n) is 8.48. The van der Waals surface area contributed by atoms with Gasteiger partial charge in [-0.15, -0.1) is 0 Å². The van der Waals surface area contributed by atoms with Gasteiger partial charge in [-0.1, -0.05) is 35.0 Å². The fraction of sp³-hybridized carbons (Fsp3) is 0.400. The summed E-state index contributed by atoms with van der Waals surface area (Å²) in [5, 5.41) is 4.98. The molecule has 1 atom stereocenters. The van der Waals surface area contributed by atoms with E-state index in [0.29, 0.717) is 0 Å². The first-order valence-corrected chi connectivity index (χ1v) is 7.12. The molecule has 84 valence electrons. The lowest BCUT2D eigenvalue weighted by atomic mass is 10.0. The molecule has 3 nitrogen and oxygen atoms in total. The highest BCUT2D eigenvalue weighted by Crippen LogP contribution is 2.14. The van der Waals surface area contributed by atoms with Crippen molar-refractivity contribution in [1.29, 1.82) is 0 Å². The largest absolute Gasteiger partial charge is 0.229 e. The van der Waals surface area contributed by atoms with Crippen LogP contribution in [-0.2, 0) is 16.4 Å². The van der Waals surface area contributed by atoms with Crippen molar-refractivity contribution in [3.8, 4) is 0 Å². The molecule has 15 heavy (non-hydrogen) atoms. The maximum absolute atomic E-state index is 10.9. The highest BCUT2D eigenvalue weighted by molar-refractivity contribution is 9.10. The molecule has 5 heteroatoms. The van der Waals surface area contributed by atoms with Crippen molar-refractivity contribution in [2.75, 3.05) is 5.75 Å². The van der Waals surface area contributed by atoms with E-state index >= 15 is 0 Å². The molecule has 0 fully saturated rings. The quantitative estimate of drug-likeness (QED) is 0.921. The lowest BCUT2D eigenvalue weighted by Crippen LogP contribution is -2.22. The van der Waals surface area contributed by atoms with Crippen LogP contribution in [0.5, 0.6) is 0 Å². The highest BCUT2D eigenvalue weighted by Gasteiger charge is 2.11. The van der Waals surface area contributed by atoms with Gasteiger partial charge in [0.15, 0.2) is 0 Å². The zero-order valence-corrected chi connectivity index (χ0v) is 10.9. The second-order valence-electron chi connectivity index (χ2n) is 3.77. The SMILES string of the molecule is CC(Cc1ccc(Br)cc1)CS(N)(=O)=O. The van der Waals surface area contributed by atoms with Crippen molar-refractivity contribution in [2.24, 2.45) is 11.1 Å². The van der Waals surface area contributed by atoms with Crippen molar-refractivity contribution in [3.05, 3.63) is 34.3 Å². The second-order valence-corrected chi connectivity index (χ2v) is 6.34. The van der Waals surface area contributed by atoms with Crippen molar-refractivity contribution in [1.82, 2.24) is 0 Å². The number of benzene rings is 1. The highest BCUT2D eigenvalue weighted by atomic mass is 79.9. The Morgan fingerprint density at radius 2 is 1.87 bits per heavy atom. The van der Waals surface area contributed by atoms with Crippen LogP contribution >= 0.6 is 15.9 Å². The lowest BCUT2D eigenvalue weighted by molar-refractivity contribution is 0.571. The first-order chi connectivity index (χ1) is 6.87. The Morgan fingerprint density at radius 3 is 2.33 bits per heavy atom. The molecule has 1 rings (SSSR count). The number of hydrogen-bond acceptors (Lipinski definition) is 2. The fourth-order valence-corrected chi connectivity index (χ4v) is 2.65. The summed E-state index contributed by atoms with van der Waals surface area (Å²) in [7, 11) is -3.36. The van der Waals surface area contributed by atoms with E-state index in [9.17, 15) is 8.42 Å². The molecule has 0 aliphatic heterocycles. The Morgan fingerprint density at radius 1 is 1.33 bits per heavy atom. The number of halogens is 1. The molecule has 0 saturated carbocycles. The maximum Gasteiger partial charge on any atom is 0.209 e. The molecule has 1 unspecified atom stereocenters. The van der Waals surface area contributed by atoms with Gasteiger partial charge in [-0.3, -0.25) is 0 Å². The van der Waals surface area contributed by atoms with Crippen LogP contribution in [0.1, 0.15) is 12.5 Å².